The molecule has 10 rings (SSSR count). The minimum atomic E-state index is 0.747. The van der Waals surface area contributed by atoms with Gasteiger partial charge in [0.25, 0.3) is 0 Å². The van der Waals surface area contributed by atoms with Gasteiger partial charge in [-0.15, -0.1) is 0 Å². The Morgan fingerprint density at radius 3 is 1.43 bits per heavy atom. The number of imidazole rings is 3. The largest absolute Gasteiger partial charge is 0.298 e. The Morgan fingerprint density at radius 2 is 0.843 bits per heavy atom. The van der Waals surface area contributed by atoms with Crippen molar-refractivity contribution in [2.24, 2.45) is 0 Å². The van der Waals surface area contributed by atoms with Gasteiger partial charge in [0.05, 0.1) is 38.8 Å². The van der Waals surface area contributed by atoms with Crippen LogP contribution in [0.25, 0.3) is 84.3 Å². The summed E-state index contributed by atoms with van der Waals surface area (Å²) >= 11 is 0. The van der Waals surface area contributed by atoms with Gasteiger partial charge < -0.3 is 0 Å². The second-order valence-electron chi connectivity index (χ2n) is 12.4. The Morgan fingerprint density at radius 1 is 0.373 bits per heavy atom. The molecule has 0 bridgehead atoms. The molecule has 0 saturated carbocycles. The summed E-state index contributed by atoms with van der Waals surface area (Å²) in [6, 6.07) is 58.1. The maximum atomic E-state index is 5.49. The highest BCUT2D eigenvalue weighted by molar-refractivity contribution is 5.87. The van der Waals surface area contributed by atoms with Gasteiger partial charge in [0, 0.05) is 16.7 Å². The van der Waals surface area contributed by atoms with Gasteiger partial charge in [-0.2, -0.15) is 0 Å². The van der Waals surface area contributed by atoms with Crippen LogP contribution < -0.4 is 0 Å². The van der Waals surface area contributed by atoms with Crippen molar-refractivity contribution >= 4 is 33.1 Å². The van der Waals surface area contributed by atoms with E-state index >= 15 is 0 Å². The second kappa shape index (κ2) is 11.8. The minimum absolute atomic E-state index is 0.747. The summed E-state index contributed by atoms with van der Waals surface area (Å²) in [6.45, 7) is 0. The summed E-state index contributed by atoms with van der Waals surface area (Å²) in [6.07, 6.45) is 1.90. The summed E-state index contributed by atoms with van der Waals surface area (Å²) in [5.74, 6) is 3.13. The first-order valence-corrected chi connectivity index (χ1v) is 16.9. The molecule has 0 radical (unpaired) electrons. The zero-order valence-electron chi connectivity index (χ0n) is 27.4. The van der Waals surface area contributed by atoms with Gasteiger partial charge in [-0.05, 0) is 60.2 Å². The van der Waals surface area contributed by atoms with Crippen molar-refractivity contribution < 1.29 is 0 Å². The van der Waals surface area contributed by atoms with Crippen LogP contribution in [-0.2, 0) is 0 Å². The van der Waals surface area contributed by atoms with Crippen LogP contribution >= 0.6 is 0 Å². The number of hydrogen-bond acceptors (Lipinski definition) is 4. The predicted molar refractivity (Wildman–Crippen MR) is 204 cm³/mol. The lowest BCUT2D eigenvalue weighted by Crippen LogP contribution is -2.07. The molecule has 0 saturated heterocycles. The van der Waals surface area contributed by atoms with Crippen molar-refractivity contribution in [3.8, 4) is 51.2 Å². The maximum Gasteiger partial charge on any atom is 0.146 e. The van der Waals surface area contributed by atoms with Crippen molar-refractivity contribution in [1.82, 2.24) is 33.6 Å². The summed E-state index contributed by atoms with van der Waals surface area (Å²) in [5.41, 5.74) is 10.8. The molecule has 0 amide bonds. The number of aromatic nitrogens is 7. The fraction of sp³-hybridized carbons (Fsp3) is 0. The van der Waals surface area contributed by atoms with Gasteiger partial charge in [0.2, 0.25) is 0 Å². The molecule has 51 heavy (non-hydrogen) atoms. The Hall–Kier alpha value is -7.12. The van der Waals surface area contributed by atoms with Crippen LogP contribution in [0.1, 0.15) is 0 Å². The maximum absolute atomic E-state index is 5.49. The number of para-hydroxylation sites is 7. The van der Waals surface area contributed by atoms with E-state index in [4.69, 9.17) is 19.9 Å². The monoisotopic (exact) mass is 655 g/mol. The van der Waals surface area contributed by atoms with Gasteiger partial charge in [-0.25, -0.2) is 19.9 Å². The average molecular weight is 656 g/mol. The molecule has 0 aliphatic carbocycles. The zero-order valence-corrected chi connectivity index (χ0v) is 27.4. The molecule has 0 aliphatic heterocycles. The first-order valence-electron chi connectivity index (χ1n) is 16.9. The van der Waals surface area contributed by atoms with Crippen molar-refractivity contribution in [1.29, 1.82) is 0 Å². The van der Waals surface area contributed by atoms with Crippen LogP contribution in [-0.4, -0.2) is 33.6 Å². The third-order valence-electron chi connectivity index (χ3n) is 9.37. The van der Waals surface area contributed by atoms with E-state index in [9.17, 15) is 0 Å². The Labute approximate surface area is 293 Å². The highest BCUT2D eigenvalue weighted by atomic mass is 15.2. The first-order chi connectivity index (χ1) is 25.3. The van der Waals surface area contributed by atoms with Gasteiger partial charge in [0.15, 0.2) is 0 Å². The predicted octanol–water partition coefficient (Wildman–Crippen LogP) is 10.1. The van der Waals surface area contributed by atoms with Crippen LogP contribution in [0.5, 0.6) is 0 Å². The molecular formula is C44H29N7. The molecule has 10 aromatic rings. The van der Waals surface area contributed by atoms with E-state index in [0.29, 0.717) is 0 Å². The summed E-state index contributed by atoms with van der Waals surface area (Å²) in [7, 11) is 0. The average Bonchev–Trinajstić information content (AvgIpc) is 3.92. The van der Waals surface area contributed by atoms with E-state index in [1.54, 1.807) is 0 Å². The zero-order chi connectivity index (χ0) is 33.7. The highest BCUT2D eigenvalue weighted by Crippen LogP contribution is 2.36. The van der Waals surface area contributed by atoms with Crippen LogP contribution in [0.15, 0.2) is 176 Å². The van der Waals surface area contributed by atoms with E-state index in [0.717, 1.165) is 84.3 Å². The first kappa shape index (κ1) is 28.9. The molecule has 4 heterocycles. The topological polar surface area (TPSA) is 66.3 Å². The van der Waals surface area contributed by atoms with Crippen LogP contribution in [0, 0.1) is 0 Å². The van der Waals surface area contributed by atoms with Crippen molar-refractivity contribution in [3.05, 3.63) is 176 Å². The van der Waals surface area contributed by atoms with Crippen molar-refractivity contribution in [2.75, 3.05) is 0 Å². The van der Waals surface area contributed by atoms with Crippen LogP contribution in [0.4, 0.5) is 0 Å². The van der Waals surface area contributed by atoms with Gasteiger partial charge in [-0.3, -0.25) is 13.7 Å². The molecule has 0 unspecified atom stereocenters. The molecule has 6 aromatic carbocycles. The second-order valence-corrected chi connectivity index (χ2v) is 12.4. The van der Waals surface area contributed by atoms with Gasteiger partial charge >= 0.3 is 0 Å². The minimum Gasteiger partial charge on any atom is -0.298 e. The van der Waals surface area contributed by atoms with Crippen molar-refractivity contribution in [2.45, 2.75) is 0 Å². The molecule has 0 aliphatic rings. The number of nitrogens with zero attached hydrogens (tertiary/aromatic N) is 7. The molecule has 0 atom stereocenters. The van der Waals surface area contributed by atoms with E-state index < -0.39 is 0 Å². The highest BCUT2D eigenvalue weighted by Gasteiger charge is 2.21. The molecule has 7 nitrogen and oxygen atoms in total. The Bertz CT molecular complexity index is 2730. The fourth-order valence-electron chi connectivity index (χ4n) is 7.04. The Kier molecular flexibility index (Phi) is 6.67. The third kappa shape index (κ3) is 4.82. The van der Waals surface area contributed by atoms with Gasteiger partial charge in [-0.1, -0.05) is 115 Å². The van der Waals surface area contributed by atoms with Crippen LogP contribution in [0.2, 0.25) is 0 Å². The van der Waals surface area contributed by atoms with E-state index in [1.165, 1.54) is 0 Å². The number of rotatable bonds is 6. The van der Waals surface area contributed by atoms with E-state index in [-0.39, 0.29) is 0 Å². The summed E-state index contributed by atoms with van der Waals surface area (Å²) < 4.78 is 6.51. The number of benzene rings is 6. The fourth-order valence-corrected chi connectivity index (χ4v) is 7.04. The van der Waals surface area contributed by atoms with Crippen LogP contribution in [0.3, 0.4) is 0 Å². The molecule has 240 valence electrons. The molecule has 4 aromatic heterocycles. The molecule has 0 fully saturated rings. The lowest BCUT2D eigenvalue weighted by atomic mass is 10.0. The number of hydrogen-bond donors (Lipinski definition) is 0. The van der Waals surface area contributed by atoms with Gasteiger partial charge in [0.1, 0.15) is 29.6 Å². The summed E-state index contributed by atoms with van der Waals surface area (Å²) in [5, 5.41) is 0. The Balaban J connectivity index is 1.30. The number of fused-ring (bicyclic) bond motifs is 3. The summed E-state index contributed by atoms with van der Waals surface area (Å²) in [4.78, 5) is 20.5. The molecule has 0 N–H and O–H groups in total. The van der Waals surface area contributed by atoms with E-state index in [2.05, 4.69) is 123 Å². The van der Waals surface area contributed by atoms with Crippen molar-refractivity contribution in [3.63, 3.8) is 0 Å². The molecular weight excluding hydrogens is 627 g/mol. The standard InChI is InChI=1S/C44H29N7/c1-3-15-30(16-4-1)43-46-35-21-9-13-25-39(35)50(43)41-27-32(33-19-7-11-23-37(33)49-29-45-34-20-8-12-24-38(34)49)28-42(48-41)51-40-26-14-10-22-36(40)47-44(51)31-17-5-2-6-18-31/h1-29H. The SMILES string of the molecule is c1ccc(-c2nc3ccccc3n2-c2cc(-c3ccccc3-n3cnc4ccccc43)cc(-n3c(-c4ccccc4)nc4ccccc43)n2)cc1. The third-order valence-corrected chi connectivity index (χ3v) is 9.37. The lowest BCUT2D eigenvalue weighted by Gasteiger charge is -2.17. The molecule has 0 spiro atoms. The quantitative estimate of drug-likeness (QED) is 0.179. The molecule has 7 heteroatoms. The van der Waals surface area contributed by atoms with E-state index in [1.807, 2.05) is 67.0 Å². The smallest absolute Gasteiger partial charge is 0.146 e. The normalized spacial score (nSPS) is 11.5. The lowest BCUT2D eigenvalue weighted by molar-refractivity contribution is 0.972. The number of pyridine rings is 1.